The van der Waals surface area contributed by atoms with Crippen LogP contribution in [0.1, 0.15) is 42.7 Å². The lowest BCUT2D eigenvalue weighted by atomic mass is 10.1. The fourth-order valence-corrected chi connectivity index (χ4v) is 3.94. The minimum atomic E-state index is -0.355. The Balaban J connectivity index is 1.74. The van der Waals surface area contributed by atoms with Crippen LogP contribution in [0.5, 0.6) is 0 Å². The van der Waals surface area contributed by atoms with Crippen molar-refractivity contribution in [2.75, 3.05) is 5.32 Å². The topological polar surface area (TPSA) is 74.8 Å². The van der Waals surface area contributed by atoms with Gasteiger partial charge in [0.05, 0.1) is 10.9 Å². The molecule has 1 aromatic heterocycles. The zero-order chi connectivity index (χ0) is 18.0. The largest absolute Gasteiger partial charge is 0.325 e. The highest BCUT2D eigenvalue weighted by molar-refractivity contribution is 8.00. The summed E-state index contributed by atoms with van der Waals surface area (Å²) in [5.41, 5.74) is 4.67. The van der Waals surface area contributed by atoms with Crippen LogP contribution in [-0.4, -0.2) is 21.1 Å². The summed E-state index contributed by atoms with van der Waals surface area (Å²) in [6.45, 7) is 5.89. The van der Waals surface area contributed by atoms with E-state index in [4.69, 9.17) is 0 Å². The van der Waals surface area contributed by atoms with Gasteiger partial charge in [-0.3, -0.25) is 9.59 Å². The summed E-state index contributed by atoms with van der Waals surface area (Å²) in [7, 11) is 0. The van der Waals surface area contributed by atoms with Crippen molar-refractivity contribution in [3.05, 3.63) is 50.9 Å². The smallest absolute Gasteiger partial charge is 0.254 e. The predicted molar refractivity (Wildman–Crippen MR) is 101 cm³/mol. The Bertz CT molecular complexity index is 860. The van der Waals surface area contributed by atoms with Crippen molar-refractivity contribution < 1.29 is 4.79 Å². The first-order chi connectivity index (χ1) is 12.0. The maximum absolute atomic E-state index is 12.6. The average Bonchev–Trinajstić information content (AvgIpc) is 3.05. The summed E-state index contributed by atoms with van der Waals surface area (Å²) in [5.74, 6) is -0.0860. The Morgan fingerprint density at radius 2 is 2.20 bits per heavy atom. The number of anilines is 1. The van der Waals surface area contributed by atoms with E-state index >= 15 is 0 Å². The normalized spacial score (nSPS) is 14.2. The van der Waals surface area contributed by atoms with Gasteiger partial charge in [0.1, 0.15) is 0 Å². The van der Waals surface area contributed by atoms with E-state index in [2.05, 4.69) is 22.2 Å². The molecule has 1 atom stereocenters. The highest BCUT2D eigenvalue weighted by Crippen LogP contribution is 2.25. The monoisotopic (exact) mass is 357 g/mol. The van der Waals surface area contributed by atoms with Gasteiger partial charge < -0.3 is 10.3 Å². The Kier molecular flexibility index (Phi) is 5.27. The van der Waals surface area contributed by atoms with Crippen LogP contribution in [-0.2, 0) is 24.1 Å². The molecule has 0 saturated carbocycles. The first kappa shape index (κ1) is 17.7. The van der Waals surface area contributed by atoms with Crippen LogP contribution in [0.3, 0.4) is 0 Å². The summed E-state index contributed by atoms with van der Waals surface area (Å²) in [4.78, 5) is 32.0. The predicted octanol–water partition coefficient (Wildman–Crippen LogP) is 3.25. The van der Waals surface area contributed by atoms with E-state index in [0.29, 0.717) is 5.16 Å². The van der Waals surface area contributed by atoms with Gasteiger partial charge in [-0.2, -0.15) is 0 Å². The molecule has 2 aromatic rings. The summed E-state index contributed by atoms with van der Waals surface area (Å²) in [6.07, 6.45) is 3.48. The zero-order valence-electron chi connectivity index (χ0n) is 14.8. The average molecular weight is 357 g/mol. The molecule has 25 heavy (non-hydrogen) atoms. The van der Waals surface area contributed by atoms with E-state index in [1.807, 2.05) is 32.0 Å². The van der Waals surface area contributed by atoms with Gasteiger partial charge in [0.2, 0.25) is 5.91 Å². The number of nitrogens with one attached hydrogen (secondary N) is 2. The van der Waals surface area contributed by atoms with Crippen molar-refractivity contribution in [1.29, 1.82) is 0 Å². The molecule has 132 valence electrons. The number of nitrogens with zero attached hydrogens (tertiary/aromatic N) is 1. The molecule has 1 aliphatic rings. The van der Waals surface area contributed by atoms with Gasteiger partial charge in [-0.25, -0.2) is 4.98 Å². The third kappa shape index (κ3) is 3.79. The molecule has 1 amide bonds. The minimum Gasteiger partial charge on any atom is -0.325 e. The summed E-state index contributed by atoms with van der Waals surface area (Å²) < 4.78 is 0. The van der Waals surface area contributed by atoms with E-state index in [-0.39, 0.29) is 16.7 Å². The Morgan fingerprint density at radius 3 is 2.96 bits per heavy atom. The van der Waals surface area contributed by atoms with Crippen molar-refractivity contribution in [2.24, 2.45) is 0 Å². The lowest BCUT2D eigenvalue weighted by Crippen LogP contribution is -2.24. The second-order valence-corrected chi connectivity index (χ2v) is 7.69. The number of para-hydroxylation sites is 1. The van der Waals surface area contributed by atoms with Crippen molar-refractivity contribution in [3.63, 3.8) is 0 Å². The molecule has 1 unspecified atom stereocenters. The van der Waals surface area contributed by atoms with E-state index < -0.39 is 0 Å². The third-order valence-electron chi connectivity index (χ3n) is 4.57. The highest BCUT2D eigenvalue weighted by atomic mass is 32.2. The number of rotatable bonds is 5. The standard InChI is InChI=1S/C19H23N3O2S/c1-4-13-8-5-7-11(2)16(13)21-17(23)12(3)25-19-20-15-10-6-9-14(15)18(24)22-19/h5,7-8,12H,4,6,9-10H2,1-3H3,(H,21,23)(H,20,22,24). The molecule has 6 heteroatoms. The molecule has 5 nitrogen and oxygen atoms in total. The number of carbonyl (C=O) groups is 1. The number of benzene rings is 1. The van der Waals surface area contributed by atoms with E-state index in [0.717, 1.165) is 53.8 Å². The number of aryl methyl sites for hydroxylation is 3. The van der Waals surface area contributed by atoms with E-state index in [9.17, 15) is 9.59 Å². The number of aromatic amines is 1. The first-order valence-electron chi connectivity index (χ1n) is 8.67. The van der Waals surface area contributed by atoms with Gasteiger partial charge in [0.15, 0.2) is 5.16 Å². The van der Waals surface area contributed by atoms with Crippen molar-refractivity contribution in [1.82, 2.24) is 9.97 Å². The number of amides is 1. The highest BCUT2D eigenvalue weighted by Gasteiger charge is 2.21. The van der Waals surface area contributed by atoms with Gasteiger partial charge in [-0.1, -0.05) is 36.9 Å². The van der Waals surface area contributed by atoms with Crippen LogP contribution in [0.2, 0.25) is 0 Å². The van der Waals surface area contributed by atoms with E-state index in [1.165, 1.54) is 11.8 Å². The van der Waals surface area contributed by atoms with Crippen molar-refractivity contribution in [3.8, 4) is 0 Å². The van der Waals surface area contributed by atoms with Crippen LogP contribution in [0, 0.1) is 6.92 Å². The Morgan fingerprint density at radius 1 is 1.40 bits per heavy atom. The first-order valence-corrected chi connectivity index (χ1v) is 9.55. The molecule has 0 spiro atoms. The van der Waals surface area contributed by atoms with E-state index in [1.54, 1.807) is 0 Å². The van der Waals surface area contributed by atoms with Crippen LogP contribution >= 0.6 is 11.8 Å². The molecule has 0 saturated heterocycles. The SMILES string of the molecule is CCc1cccc(C)c1NC(=O)C(C)Sc1nc2c(c(=O)[nH]1)CCC2. The zero-order valence-corrected chi connectivity index (χ0v) is 15.6. The second kappa shape index (κ2) is 7.44. The second-order valence-electron chi connectivity index (χ2n) is 6.36. The molecule has 0 bridgehead atoms. The van der Waals surface area contributed by atoms with Crippen LogP contribution in [0.25, 0.3) is 0 Å². The molecular weight excluding hydrogens is 334 g/mol. The molecule has 0 aliphatic heterocycles. The van der Waals surface area contributed by atoms with Gasteiger partial charge in [0, 0.05) is 11.3 Å². The number of aromatic nitrogens is 2. The Labute approximate surface area is 151 Å². The maximum atomic E-state index is 12.6. The Hall–Kier alpha value is -2.08. The number of thioether (sulfide) groups is 1. The summed E-state index contributed by atoms with van der Waals surface area (Å²) in [5, 5.41) is 3.20. The lowest BCUT2D eigenvalue weighted by Gasteiger charge is -2.16. The van der Waals surface area contributed by atoms with Gasteiger partial charge in [-0.15, -0.1) is 0 Å². The quantitative estimate of drug-likeness (QED) is 0.636. The molecule has 0 radical (unpaired) electrons. The molecule has 3 rings (SSSR count). The fraction of sp³-hybridized carbons (Fsp3) is 0.421. The number of H-pyrrole nitrogens is 1. The molecule has 1 aliphatic carbocycles. The van der Waals surface area contributed by atoms with Gasteiger partial charge >= 0.3 is 0 Å². The maximum Gasteiger partial charge on any atom is 0.254 e. The molecular formula is C19H23N3O2S. The van der Waals surface area contributed by atoms with Gasteiger partial charge in [0.25, 0.3) is 5.56 Å². The molecule has 2 N–H and O–H groups in total. The van der Waals surface area contributed by atoms with Gasteiger partial charge in [-0.05, 0) is 50.7 Å². The number of hydrogen-bond acceptors (Lipinski definition) is 4. The van der Waals surface area contributed by atoms with Crippen LogP contribution in [0.4, 0.5) is 5.69 Å². The summed E-state index contributed by atoms with van der Waals surface area (Å²) in [6, 6.07) is 6.02. The number of carbonyl (C=O) groups excluding carboxylic acids is 1. The minimum absolute atomic E-state index is 0.0650. The number of fused-ring (bicyclic) bond motifs is 1. The lowest BCUT2D eigenvalue weighted by molar-refractivity contribution is -0.115. The molecule has 1 aromatic carbocycles. The van der Waals surface area contributed by atoms with Crippen LogP contribution < -0.4 is 10.9 Å². The molecule has 0 fully saturated rings. The molecule has 1 heterocycles. The summed E-state index contributed by atoms with van der Waals surface area (Å²) >= 11 is 1.29. The third-order valence-corrected chi connectivity index (χ3v) is 5.55. The number of hydrogen-bond donors (Lipinski definition) is 2. The van der Waals surface area contributed by atoms with Crippen molar-refractivity contribution >= 4 is 23.4 Å². The van der Waals surface area contributed by atoms with Crippen molar-refractivity contribution in [2.45, 2.75) is 56.9 Å². The van der Waals surface area contributed by atoms with Crippen LogP contribution in [0.15, 0.2) is 28.2 Å². The fourth-order valence-electron chi connectivity index (χ4n) is 3.12.